The number of furan rings is 1. The van der Waals surface area contributed by atoms with E-state index in [0.717, 1.165) is 16.6 Å². The SMILES string of the molecule is N#Cc1c(NCc2ccc3ccccc3n2)nc(N)nc1-c1ccco1. The number of para-hydroxylation sites is 1. The fraction of sp³-hybridized carbons (Fsp3) is 0.0526. The number of nitriles is 1. The van der Waals surface area contributed by atoms with E-state index >= 15 is 0 Å². The van der Waals surface area contributed by atoms with Crippen molar-refractivity contribution in [2.75, 3.05) is 11.1 Å². The first kappa shape index (κ1) is 15.6. The number of pyridine rings is 1. The summed E-state index contributed by atoms with van der Waals surface area (Å²) < 4.78 is 5.35. The lowest BCUT2D eigenvalue weighted by Gasteiger charge is -2.10. The standard InChI is InChI=1S/C19H14N6O/c20-10-14-17(16-6-3-9-26-16)24-19(21)25-18(14)22-11-13-8-7-12-4-1-2-5-15(12)23-13/h1-9H,11H2,(H3,21,22,24,25). The zero-order valence-corrected chi connectivity index (χ0v) is 13.7. The molecular weight excluding hydrogens is 328 g/mol. The van der Waals surface area contributed by atoms with E-state index in [0.29, 0.717) is 23.8 Å². The molecule has 1 aromatic carbocycles. The number of hydrogen-bond donors (Lipinski definition) is 2. The van der Waals surface area contributed by atoms with E-state index in [1.165, 1.54) is 6.26 Å². The van der Waals surface area contributed by atoms with Crippen LogP contribution in [-0.2, 0) is 6.54 Å². The lowest BCUT2D eigenvalue weighted by Crippen LogP contribution is -2.09. The summed E-state index contributed by atoms with van der Waals surface area (Å²) in [7, 11) is 0. The van der Waals surface area contributed by atoms with Crippen LogP contribution in [0.15, 0.2) is 59.2 Å². The third kappa shape index (κ3) is 2.91. The Bertz CT molecular complexity index is 1110. The molecule has 0 aliphatic heterocycles. The number of nitrogens with one attached hydrogen (secondary N) is 1. The van der Waals surface area contributed by atoms with Crippen LogP contribution in [0.2, 0.25) is 0 Å². The maximum atomic E-state index is 9.56. The van der Waals surface area contributed by atoms with Crippen LogP contribution in [-0.4, -0.2) is 15.0 Å². The minimum Gasteiger partial charge on any atom is -0.463 e. The van der Waals surface area contributed by atoms with E-state index in [9.17, 15) is 5.26 Å². The molecule has 126 valence electrons. The van der Waals surface area contributed by atoms with Crippen molar-refractivity contribution in [1.29, 1.82) is 5.26 Å². The molecule has 0 fully saturated rings. The van der Waals surface area contributed by atoms with Gasteiger partial charge < -0.3 is 15.5 Å². The average Bonchev–Trinajstić information content (AvgIpc) is 3.20. The second kappa shape index (κ2) is 6.53. The van der Waals surface area contributed by atoms with Gasteiger partial charge in [0.15, 0.2) is 11.6 Å². The summed E-state index contributed by atoms with van der Waals surface area (Å²) in [5.74, 6) is 0.869. The van der Waals surface area contributed by atoms with Crippen molar-refractivity contribution >= 4 is 22.7 Å². The van der Waals surface area contributed by atoms with Crippen molar-refractivity contribution in [3.63, 3.8) is 0 Å². The van der Waals surface area contributed by atoms with E-state index in [1.807, 2.05) is 36.4 Å². The second-order valence-corrected chi connectivity index (χ2v) is 5.59. The van der Waals surface area contributed by atoms with Crippen LogP contribution in [0.4, 0.5) is 11.8 Å². The summed E-state index contributed by atoms with van der Waals surface area (Å²) in [6.45, 7) is 0.396. The summed E-state index contributed by atoms with van der Waals surface area (Å²) >= 11 is 0. The summed E-state index contributed by atoms with van der Waals surface area (Å²) in [5, 5.41) is 13.8. The van der Waals surface area contributed by atoms with Crippen molar-refractivity contribution in [3.8, 4) is 17.5 Å². The number of anilines is 2. The minimum atomic E-state index is 0.0596. The first-order valence-electron chi connectivity index (χ1n) is 7.94. The fourth-order valence-corrected chi connectivity index (χ4v) is 2.68. The normalized spacial score (nSPS) is 10.6. The number of hydrogen-bond acceptors (Lipinski definition) is 7. The Balaban J connectivity index is 1.66. The number of benzene rings is 1. The third-order valence-electron chi connectivity index (χ3n) is 3.89. The largest absolute Gasteiger partial charge is 0.463 e. The van der Waals surface area contributed by atoms with Gasteiger partial charge in [-0.05, 0) is 24.3 Å². The van der Waals surface area contributed by atoms with E-state index in [2.05, 4.69) is 26.3 Å². The highest BCUT2D eigenvalue weighted by molar-refractivity contribution is 5.78. The lowest BCUT2D eigenvalue weighted by atomic mass is 10.1. The quantitative estimate of drug-likeness (QED) is 0.584. The van der Waals surface area contributed by atoms with Gasteiger partial charge in [0.1, 0.15) is 17.3 Å². The smallest absolute Gasteiger partial charge is 0.222 e. The number of nitrogen functional groups attached to an aromatic ring is 1. The molecule has 0 unspecified atom stereocenters. The van der Waals surface area contributed by atoms with Crippen molar-refractivity contribution in [2.24, 2.45) is 0 Å². The van der Waals surface area contributed by atoms with Gasteiger partial charge in [-0.15, -0.1) is 0 Å². The first-order chi connectivity index (χ1) is 12.7. The van der Waals surface area contributed by atoms with E-state index in [-0.39, 0.29) is 11.5 Å². The van der Waals surface area contributed by atoms with Crippen LogP contribution in [0.25, 0.3) is 22.4 Å². The minimum absolute atomic E-state index is 0.0596. The van der Waals surface area contributed by atoms with Crippen LogP contribution in [0.3, 0.4) is 0 Å². The molecule has 7 nitrogen and oxygen atoms in total. The second-order valence-electron chi connectivity index (χ2n) is 5.59. The molecular formula is C19H14N6O. The summed E-state index contributed by atoms with van der Waals surface area (Å²) in [4.78, 5) is 12.9. The van der Waals surface area contributed by atoms with Gasteiger partial charge in [-0.25, -0.2) is 4.98 Å². The molecule has 0 aliphatic carbocycles. The molecule has 26 heavy (non-hydrogen) atoms. The van der Waals surface area contributed by atoms with Gasteiger partial charge >= 0.3 is 0 Å². The Morgan fingerprint density at radius 2 is 1.92 bits per heavy atom. The molecule has 4 rings (SSSR count). The maximum Gasteiger partial charge on any atom is 0.222 e. The lowest BCUT2D eigenvalue weighted by molar-refractivity contribution is 0.580. The Kier molecular flexibility index (Phi) is 3.92. The zero-order valence-electron chi connectivity index (χ0n) is 13.7. The van der Waals surface area contributed by atoms with Gasteiger partial charge in [-0.3, -0.25) is 4.98 Å². The summed E-state index contributed by atoms with van der Waals surface area (Å²) in [6.07, 6.45) is 1.51. The molecule has 0 radical (unpaired) electrons. The van der Waals surface area contributed by atoms with Crippen molar-refractivity contribution in [1.82, 2.24) is 15.0 Å². The molecule has 0 aliphatic rings. The number of fused-ring (bicyclic) bond motifs is 1. The number of aromatic nitrogens is 3. The van der Waals surface area contributed by atoms with Gasteiger partial charge in [-0.2, -0.15) is 10.2 Å². The van der Waals surface area contributed by atoms with Gasteiger partial charge in [0.2, 0.25) is 5.95 Å². The van der Waals surface area contributed by atoms with E-state index in [4.69, 9.17) is 10.2 Å². The molecule has 0 saturated carbocycles. The molecule has 3 heterocycles. The highest BCUT2D eigenvalue weighted by atomic mass is 16.3. The number of nitrogens with zero attached hydrogens (tertiary/aromatic N) is 4. The number of rotatable bonds is 4. The van der Waals surface area contributed by atoms with Crippen LogP contribution >= 0.6 is 0 Å². The molecule has 0 spiro atoms. The Morgan fingerprint density at radius 3 is 2.73 bits per heavy atom. The average molecular weight is 342 g/mol. The maximum absolute atomic E-state index is 9.56. The van der Waals surface area contributed by atoms with Crippen molar-refractivity contribution in [2.45, 2.75) is 6.54 Å². The monoisotopic (exact) mass is 342 g/mol. The van der Waals surface area contributed by atoms with Crippen molar-refractivity contribution in [3.05, 3.63) is 66.1 Å². The Hall–Kier alpha value is -3.92. The topological polar surface area (TPSA) is 114 Å². The highest BCUT2D eigenvalue weighted by Gasteiger charge is 2.17. The number of nitrogens with two attached hydrogens (primary N) is 1. The van der Waals surface area contributed by atoms with Crippen LogP contribution in [0.1, 0.15) is 11.3 Å². The van der Waals surface area contributed by atoms with Gasteiger partial charge in [0, 0.05) is 5.39 Å². The molecule has 4 aromatic rings. The molecule has 0 bridgehead atoms. The molecule has 3 N–H and O–H groups in total. The Morgan fingerprint density at radius 1 is 1.04 bits per heavy atom. The van der Waals surface area contributed by atoms with Crippen LogP contribution in [0.5, 0.6) is 0 Å². The third-order valence-corrected chi connectivity index (χ3v) is 3.89. The molecule has 7 heteroatoms. The van der Waals surface area contributed by atoms with Gasteiger partial charge in [0.25, 0.3) is 0 Å². The van der Waals surface area contributed by atoms with E-state index < -0.39 is 0 Å². The first-order valence-corrected chi connectivity index (χ1v) is 7.94. The van der Waals surface area contributed by atoms with Gasteiger partial charge in [0.05, 0.1) is 24.0 Å². The summed E-state index contributed by atoms with van der Waals surface area (Å²) in [6, 6.07) is 17.4. The predicted octanol–water partition coefficient (Wildman–Crippen LogP) is 3.35. The fourth-order valence-electron chi connectivity index (χ4n) is 2.68. The highest BCUT2D eigenvalue weighted by Crippen LogP contribution is 2.27. The van der Waals surface area contributed by atoms with Crippen LogP contribution < -0.4 is 11.1 Å². The molecule has 3 aromatic heterocycles. The summed E-state index contributed by atoms with van der Waals surface area (Å²) in [5.41, 5.74) is 8.17. The van der Waals surface area contributed by atoms with Crippen molar-refractivity contribution < 1.29 is 4.42 Å². The molecule has 0 amide bonds. The molecule has 0 saturated heterocycles. The molecule has 0 atom stereocenters. The Labute approximate surface area is 149 Å². The zero-order chi connectivity index (χ0) is 17.9. The van der Waals surface area contributed by atoms with Crippen LogP contribution in [0, 0.1) is 11.3 Å². The van der Waals surface area contributed by atoms with E-state index in [1.54, 1.807) is 12.1 Å². The predicted molar refractivity (Wildman–Crippen MR) is 97.9 cm³/mol. The van der Waals surface area contributed by atoms with Gasteiger partial charge in [-0.1, -0.05) is 24.3 Å².